The van der Waals surface area contributed by atoms with Crippen molar-refractivity contribution < 1.29 is 9.26 Å². The van der Waals surface area contributed by atoms with E-state index in [1.54, 1.807) is 24.6 Å². The van der Waals surface area contributed by atoms with Crippen molar-refractivity contribution in [3.05, 3.63) is 40.4 Å². The van der Waals surface area contributed by atoms with E-state index in [2.05, 4.69) is 43.2 Å². The molecule has 0 aromatic carbocycles. The maximum atomic E-state index is 5.48. The van der Waals surface area contributed by atoms with Crippen LogP contribution >= 0.6 is 35.3 Å². The number of guanidine groups is 1. The predicted molar refractivity (Wildman–Crippen MR) is 110 cm³/mol. The van der Waals surface area contributed by atoms with Gasteiger partial charge in [0.05, 0.1) is 25.8 Å². The van der Waals surface area contributed by atoms with Crippen molar-refractivity contribution in [2.45, 2.75) is 12.6 Å². The molecule has 25 heavy (non-hydrogen) atoms. The van der Waals surface area contributed by atoms with Crippen LogP contribution in [-0.2, 0) is 11.3 Å². The number of hydrogen-bond acceptors (Lipinski definition) is 6. The van der Waals surface area contributed by atoms with Gasteiger partial charge >= 0.3 is 0 Å². The molecular weight excluding hydrogens is 453 g/mol. The minimum absolute atomic E-state index is 0. The topological polar surface area (TPSA) is 74.9 Å². The summed E-state index contributed by atoms with van der Waals surface area (Å²) in [5.74, 6) is 0.757. The molecule has 2 aromatic heterocycles. The second kappa shape index (κ2) is 10.7. The van der Waals surface area contributed by atoms with Crippen molar-refractivity contribution in [1.29, 1.82) is 0 Å². The Labute approximate surface area is 168 Å². The van der Waals surface area contributed by atoms with Crippen LogP contribution in [0.25, 0.3) is 0 Å². The highest BCUT2D eigenvalue weighted by Gasteiger charge is 2.23. The van der Waals surface area contributed by atoms with Crippen LogP contribution in [0, 0.1) is 0 Å². The van der Waals surface area contributed by atoms with Gasteiger partial charge in [-0.2, -0.15) is 0 Å². The number of thiophene rings is 1. The summed E-state index contributed by atoms with van der Waals surface area (Å²) < 4.78 is 10.3. The van der Waals surface area contributed by atoms with Gasteiger partial charge in [-0.3, -0.25) is 9.89 Å². The third-order valence-corrected chi connectivity index (χ3v) is 4.95. The minimum Gasteiger partial charge on any atom is -0.379 e. The fourth-order valence-corrected chi connectivity index (χ4v) is 3.56. The van der Waals surface area contributed by atoms with Crippen LogP contribution in [-0.4, -0.2) is 55.9 Å². The van der Waals surface area contributed by atoms with E-state index in [1.165, 1.54) is 4.88 Å². The first-order chi connectivity index (χ1) is 11.9. The minimum atomic E-state index is 0. The number of aliphatic imine (C=N–C) groups is 1. The maximum Gasteiger partial charge on any atom is 0.191 e. The van der Waals surface area contributed by atoms with Crippen LogP contribution in [0.4, 0.5) is 0 Å². The summed E-state index contributed by atoms with van der Waals surface area (Å²) in [7, 11) is 1.77. The second-order valence-corrected chi connectivity index (χ2v) is 6.46. The van der Waals surface area contributed by atoms with Crippen molar-refractivity contribution in [3.8, 4) is 0 Å². The Morgan fingerprint density at radius 1 is 1.36 bits per heavy atom. The molecule has 0 bridgehead atoms. The summed E-state index contributed by atoms with van der Waals surface area (Å²) in [5.41, 5.74) is 0.848. The summed E-state index contributed by atoms with van der Waals surface area (Å²) >= 11 is 1.79. The van der Waals surface area contributed by atoms with E-state index >= 15 is 0 Å². The zero-order valence-corrected chi connectivity index (χ0v) is 17.3. The summed E-state index contributed by atoms with van der Waals surface area (Å²) in [5, 5.41) is 12.7. The average molecular weight is 477 g/mol. The van der Waals surface area contributed by atoms with Crippen molar-refractivity contribution in [2.75, 3.05) is 39.9 Å². The van der Waals surface area contributed by atoms with Crippen molar-refractivity contribution in [3.63, 3.8) is 0 Å². The Balaban J connectivity index is 0.00000225. The molecule has 2 N–H and O–H groups in total. The Morgan fingerprint density at radius 3 is 2.84 bits per heavy atom. The van der Waals surface area contributed by atoms with E-state index in [0.29, 0.717) is 12.6 Å². The standard InChI is InChI=1S/C16H23N5O2S.HI/c1-17-16(18-11-13-4-7-23-20-13)19-12-14(15-3-2-10-24-15)21-5-8-22-9-6-21;/h2-4,7,10,14H,5-6,8-9,11-12H2,1H3,(H2,17,18,19);1H. The molecule has 138 valence electrons. The normalized spacial score (nSPS) is 16.9. The molecule has 2 aromatic rings. The highest BCUT2D eigenvalue weighted by molar-refractivity contribution is 14.0. The smallest absolute Gasteiger partial charge is 0.191 e. The molecular formula is C16H24IN5O2S. The number of rotatable bonds is 6. The second-order valence-electron chi connectivity index (χ2n) is 5.48. The third-order valence-electron chi connectivity index (χ3n) is 3.97. The zero-order valence-electron chi connectivity index (χ0n) is 14.2. The molecule has 1 saturated heterocycles. The molecule has 3 rings (SSSR count). The van der Waals surface area contributed by atoms with Crippen LogP contribution in [0.1, 0.15) is 16.6 Å². The third kappa shape index (κ3) is 5.94. The fourth-order valence-electron chi connectivity index (χ4n) is 2.70. The summed E-state index contributed by atoms with van der Waals surface area (Å²) in [6.07, 6.45) is 1.57. The number of ether oxygens (including phenoxy) is 1. The summed E-state index contributed by atoms with van der Waals surface area (Å²) in [6.45, 7) is 4.86. The molecule has 3 heterocycles. The molecule has 0 aliphatic carbocycles. The Morgan fingerprint density at radius 2 is 2.20 bits per heavy atom. The van der Waals surface area contributed by atoms with E-state index in [0.717, 1.165) is 44.5 Å². The summed E-state index contributed by atoms with van der Waals surface area (Å²) in [6, 6.07) is 6.45. The quantitative estimate of drug-likeness (QED) is 0.377. The lowest BCUT2D eigenvalue weighted by Gasteiger charge is -2.34. The van der Waals surface area contributed by atoms with Crippen LogP contribution in [0.3, 0.4) is 0 Å². The molecule has 1 atom stereocenters. The Kier molecular flexibility index (Phi) is 8.65. The van der Waals surface area contributed by atoms with Gasteiger partial charge in [-0.1, -0.05) is 11.2 Å². The van der Waals surface area contributed by atoms with Crippen molar-refractivity contribution >= 4 is 41.3 Å². The van der Waals surface area contributed by atoms with Crippen LogP contribution < -0.4 is 10.6 Å². The lowest BCUT2D eigenvalue weighted by molar-refractivity contribution is 0.0177. The van der Waals surface area contributed by atoms with E-state index in [9.17, 15) is 0 Å². The molecule has 7 nitrogen and oxygen atoms in total. The molecule has 9 heteroatoms. The van der Waals surface area contributed by atoms with Crippen molar-refractivity contribution in [2.24, 2.45) is 4.99 Å². The number of aromatic nitrogens is 1. The van der Waals surface area contributed by atoms with Gasteiger partial charge in [0.2, 0.25) is 0 Å². The molecule has 0 spiro atoms. The fraction of sp³-hybridized carbons (Fsp3) is 0.500. The van der Waals surface area contributed by atoms with E-state index < -0.39 is 0 Å². The lowest BCUT2D eigenvalue weighted by atomic mass is 10.2. The van der Waals surface area contributed by atoms with E-state index in [4.69, 9.17) is 9.26 Å². The first-order valence-corrected chi connectivity index (χ1v) is 8.94. The molecule has 1 aliphatic heterocycles. The van der Waals surface area contributed by atoms with E-state index in [-0.39, 0.29) is 24.0 Å². The van der Waals surface area contributed by atoms with Gasteiger partial charge in [-0.25, -0.2) is 0 Å². The van der Waals surface area contributed by atoms with Gasteiger partial charge in [0.25, 0.3) is 0 Å². The van der Waals surface area contributed by atoms with Crippen LogP contribution in [0.5, 0.6) is 0 Å². The first-order valence-electron chi connectivity index (χ1n) is 8.06. The Hall–Kier alpha value is -1.17. The molecule has 0 saturated carbocycles. The summed E-state index contributed by atoms with van der Waals surface area (Å²) in [4.78, 5) is 8.11. The number of nitrogens with zero attached hydrogens (tertiary/aromatic N) is 3. The molecule has 0 radical (unpaired) electrons. The molecule has 1 fully saturated rings. The molecule has 0 amide bonds. The van der Waals surface area contributed by atoms with Crippen LogP contribution in [0.15, 0.2) is 39.4 Å². The highest BCUT2D eigenvalue weighted by Crippen LogP contribution is 2.25. The van der Waals surface area contributed by atoms with Crippen LogP contribution in [0.2, 0.25) is 0 Å². The largest absolute Gasteiger partial charge is 0.379 e. The first kappa shape index (κ1) is 20.1. The van der Waals surface area contributed by atoms with Crippen molar-refractivity contribution in [1.82, 2.24) is 20.7 Å². The average Bonchev–Trinajstić information content (AvgIpc) is 3.32. The lowest BCUT2D eigenvalue weighted by Crippen LogP contribution is -2.46. The molecule has 1 aliphatic rings. The molecule has 1 unspecified atom stereocenters. The van der Waals surface area contributed by atoms with Gasteiger partial charge in [-0.05, 0) is 11.4 Å². The number of hydrogen-bond donors (Lipinski definition) is 2. The van der Waals surface area contributed by atoms with Gasteiger partial charge in [0.1, 0.15) is 12.0 Å². The van der Waals surface area contributed by atoms with Gasteiger partial charge in [0, 0.05) is 37.6 Å². The van der Waals surface area contributed by atoms with Gasteiger partial charge in [0.15, 0.2) is 5.96 Å². The van der Waals surface area contributed by atoms with E-state index in [1.807, 2.05) is 6.07 Å². The highest BCUT2D eigenvalue weighted by atomic mass is 127. The zero-order chi connectivity index (χ0) is 16.6. The maximum absolute atomic E-state index is 5.48. The number of nitrogens with one attached hydrogen (secondary N) is 2. The number of morpholine rings is 1. The number of halogens is 1. The van der Waals surface area contributed by atoms with Gasteiger partial charge in [-0.15, -0.1) is 35.3 Å². The Bertz CT molecular complexity index is 615. The SMILES string of the molecule is CN=C(NCc1ccon1)NCC(c1cccs1)N1CCOCC1.I. The monoisotopic (exact) mass is 477 g/mol. The van der Waals surface area contributed by atoms with Gasteiger partial charge < -0.3 is 19.9 Å². The predicted octanol–water partition coefficient (Wildman–Crippen LogP) is 2.09.